The number of nitrogens with one attached hydrogen (secondary N) is 1. The first kappa shape index (κ1) is 12.9. The highest BCUT2D eigenvalue weighted by atomic mass is 32.1. The fraction of sp³-hybridized carbons (Fsp3) is 0.188. The van der Waals surface area contributed by atoms with Gasteiger partial charge in [-0.25, -0.2) is 0 Å². The van der Waals surface area contributed by atoms with Crippen LogP contribution >= 0.6 is 11.3 Å². The van der Waals surface area contributed by atoms with Crippen LogP contribution in [0.4, 0.5) is 5.69 Å². The fourth-order valence-corrected chi connectivity index (χ4v) is 2.88. The highest BCUT2D eigenvalue weighted by Gasteiger charge is 2.05. The van der Waals surface area contributed by atoms with Crippen LogP contribution in [-0.2, 0) is 6.54 Å². The van der Waals surface area contributed by atoms with Crippen LogP contribution in [0.15, 0.2) is 60.2 Å². The van der Waals surface area contributed by atoms with Crippen molar-refractivity contribution in [2.24, 2.45) is 0 Å². The Kier molecular flexibility index (Phi) is 3.83. The van der Waals surface area contributed by atoms with E-state index in [2.05, 4.69) is 59.1 Å². The average molecular weight is 283 g/mol. The first-order chi connectivity index (χ1) is 9.81. The first-order valence-electron chi connectivity index (χ1n) is 6.67. The lowest BCUT2D eigenvalue weighted by molar-refractivity contribution is 0.687. The van der Waals surface area contributed by atoms with Gasteiger partial charge in [-0.2, -0.15) is 5.10 Å². The van der Waals surface area contributed by atoms with Gasteiger partial charge in [0.25, 0.3) is 0 Å². The summed E-state index contributed by atoms with van der Waals surface area (Å²) >= 11 is 1.78. The van der Waals surface area contributed by atoms with Crippen LogP contribution in [0.1, 0.15) is 23.4 Å². The summed E-state index contributed by atoms with van der Waals surface area (Å²) in [6, 6.07) is 15.1. The number of aromatic nitrogens is 2. The zero-order valence-electron chi connectivity index (χ0n) is 11.4. The maximum absolute atomic E-state index is 4.22. The molecule has 1 aromatic carbocycles. The second kappa shape index (κ2) is 5.92. The monoisotopic (exact) mass is 283 g/mol. The molecule has 20 heavy (non-hydrogen) atoms. The second-order valence-corrected chi connectivity index (χ2v) is 5.76. The Bertz CT molecular complexity index is 627. The molecule has 0 aliphatic rings. The molecular formula is C16H17N3S. The largest absolute Gasteiger partial charge is 0.378 e. The number of benzene rings is 1. The van der Waals surface area contributed by atoms with E-state index in [9.17, 15) is 0 Å². The van der Waals surface area contributed by atoms with Gasteiger partial charge in [-0.05, 0) is 42.1 Å². The summed E-state index contributed by atoms with van der Waals surface area (Å²) in [6.07, 6.45) is 3.78. The predicted molar refractivity (Wildman–Crippen MR) is 84.1 cm³/mol. The molecule has 0 fully saturated rings. The Balaban J connectivity index is 1.64. The Morgan fingerprint density at radius 3 is 2.70 bits per heavy atom. The predicted octanol–water partition coefficient (Wildman–Crippen LogP) is 4.17. The molecule has 3 aromatic rings. The standard InChI is InChI=1S/C16H17N3S/c1-13(16-4-2-11-20-16)18-15-7-5-14(6-8-15)12-19-10-3-9-17-19/h2-11,13,18H,12H2,1H3. The molecule has 0 radical (unpaired) electrons. The number of thiophene rings is 1. The number of rotatable bonds is 5. The molecule has 2 heterocycles. The van der Waals surface area contributed by atoms with Gasteiger partial charge in [0.05, 0.1) is 12.6 Å². The number of anilines is 1. The fourth-order valence-electron chi connectivity index (χ4n) is 2.15. The highest BCUT2D eigenvalue weighted by Crippen LogP contribution is 2.23. The van der Waals surface area contributed by atoms with Crippen LogP contribution in [0, 0.1) is 0 Å². The van der Waals surface area contributed by atoms with Gasteiger partial charge >= 0.3 is 0 Å². The summed E-state index contributed by atoms with van der Waals surface area (Å²) in [5.41, 5.74) is 2.40. The molecule has 2 aromatic heterocycles. The Labute approximate surface area is 122 Å². The zero-order chi connectivity index (χ0) is 13.8. The third-order valence-corrected chi connectivity index (χ3v) is 4.27. The molecule has 3 nitrogen and oxygen atoms in total. The van der Waals surface area contributed by atoms with Gasteiger partial charge < -0.3 is 5.32 Å². The molecule has 0 saturated carbocycles. The highest BCUT2D eigenvalue weighted by molar-refractivity contribution is 7.10. The van der Waals surface area contributed by atoms with Crippen molar-refractivity contribution in [2.75, 3.05) is 5.32 Å². The van der Waals surface area contributed by atoms with E-state index in [0.29, 0.717) is 6.04 Å². The molecule has 0 bridgehead atoms. The zero-order valence-corrected chi connectivity index (χ0v) is 12.2. The summed E-state index contributed by atoms with van der Waals surface area (Å²) in [4.78, 5) is 1.35. The molecule has 4 heteroatoms. The molecule has 0 aliphatic heterocycles. The lowest BCUT2D eigenvalue weighted by atomic mass is 10.2. The normalized spacial score (nSPS) is 12.2. The van der Waals surface area contributed by atoms with E-state index in [1.807, 2.05) is 16.9 Å². The van der Waals surface area contributed by atoms with E-state index < -0.39 is 0 Å². The van der Waals surface area contributed by atoms with E-state index in [0.717, 1.165) is 12.2 Å². The van der Waals surface area contributed by atoms with Crippen molar-refractivity contribution in [1.29, 1.82) is 0 Å². The third kappa shape index (κ3) is 3.08. The van der Waals surface area contributed by atoms with Gasteiger partial charge in [0, 0.05) is 23.0 Å². The van der Waals surface area contributed by atoms with Gasteiger partial charge in [0.2, 0.25) is 0 Å². The molecule has 0 saturated heterocycles. The quantitative estimate of drug-likeness (QED) is 0.761. The molecule has 3 rings (SSSR count). The topological polar surface area (TPSA) is 29.9 Å². The maximum Gasteiger partial charge on any atom is 0.0659 e. The van der Waals surface area contributed by atoms with Gasteiger partial charge in [-0.15, -0.1) is 11.3 Å². The van der Waals surface area contributed by atoms with Crippen molar-refractivity contribution >= 4 is 17.0 Å². The van der Waals surface area contributed by atoms with E-state index in [1.54, 1.807) is 17.5 Å². The van der Waals surface area contributed by atoms with Crippen LogP contribution < -0.4 is 5.32 Å². The Morgan fingerprint density at radius 1 is 1.20 bits per heavy atom. The smallest absolute Gasteiger partial charge is 0.0659 e. The summed E-state index contributed by atoms with van der Waals surface area (Å²) in [5.74, 6) is 0. The molecule has 0 spiro atoms. The molecular weight excluding hydrogens is 266 g/mol. The lowest BCUT2D eigenvalue weighted by Gasteiger charge is -2.14. The minimum Gasteiger partial charge on any atom is -0.378 e. The second-order valence-electron chi connectivity index (χ2n) is 4.78. The van der Waals surface area contributed by atoms with Crippen LogP contribution in [0.3, 0.4) is 0 Å². The molecule has 1 atom stereocenters. The summed E-state index contributed by atoms with van der Waals surface area (Å²) in [6.45, 7) is 3.00. The van der Waals surface area contributed by atoms with Crippen molar-refractivity contribution in [3.63, 3.8) is 0 Å². The molecule has 0 aliphatic carbocycles. The summed E-state index contributed by atoms with van der Waals surface area (Å²) < 4.78 is 1.93. The van der Waals surface area contributed by atoms with E-state index in [1.165, 1.54) is 10.4 Å². The molecule has 102 valence electrons. The average Bonchev–Trinajstić information content (AvgIpc) is 3.13. The van der Waals surface area contributed by atoms with Gasteiger partial charge in [0.1, 0.15) is 0 Å². The van der Waals surface area contributed by atoms with Crippen molar-refractivity contribution in [3.8, 4) is 0 Å². The molecule has 1 unspecified atom stereocenters. The van der Waals surface area contributed by atoms with Gasteiger partial charge in [-0.1, -0.05) is 18.2 Å². The van der Waals surface area contributed by atoms with Crippen molar-refractivity contribution < 1.29 is 0 Å². The van der Waals surface area contributed by atoms with Gasteiger partial charge in [0.15, 0.2) is 0 Å². The first-order valence-corrected chi connectivity index (χ1v) is 7.55. The minimum absolute atomic E-state index is 0.340. The van der Waals surface area contributed by atoms with Gasteiger partial charge in [-0.3, -0.25) is 4.68 Å². The molecule has 0 amide bonds. The Hall–Kier alpha value is -2.07. The minimum atomic E-state index is 0.340. The number of hydrogen-bond acceptors (Lipinski definition) is 3. The van der Waals surface area contributed by atoms with Crippen LogP contribution in [0.5, 0.6) is 0 Å². The van der Waals surface area contributed by atoms with Crippen molar-refractivity contribution in [2.45, 2.75) is 19.5 Å². The molecule has 1 N–H and O–H groups in total. The van der Waals surface area contributed by atoms with Crippen LogP contribution in [0.25, 0.3) is 0 Å². The maximum atomic E-state index is 4.22. The number of hydrogen-bond donors (Lipinski definition) is 1. The van der Waals surface area contributed by atoms with E-state index in [-0.39, 0.29) is 0 Å². The summed E-state index contributed by atoms with van der Waals surface area (Å²) in [7, 11) is 0. The lowest BCUT2D eigenvalue weighted by Crippen LogP contribution is -2.05. The summed E-state index contributed by atoms with van der Waals surface area (Å²) in [5, 5.41) is 9.85. The SMILES string of the molecule is CC(Nc1ccc(Cn2cccn2)cc1)c1cccs1. The van der Waals surface area contributed by atoms with Crippen LogP contribution in [0.2, 0.25) is 0 Å². The Morgan fingerprint density at radius 2 is 2.05 bits per heavy atom. The number of nitrogens with zero attached hydrogens (tertiary/aromatic N) is 2. The third-order valence-electron chi connectivity index (χ3n) is 3.21. The van der Waals surface area contributed by atoms with E-state index in [4.69, 9.17) is 0 Å². The van der Waals surface area contributed by atoms with Crippen molar-refractivity contribution in [1.82, 2.24) is 9.78 Å². The van der Waals surface area contributed by atoms with Crippen molar-refractivity contribution in [3.05, 3.63) is 70.7 Å². The van der Waals surface area contributed by atoms with E-state index >= 15 is 0 Å². The van der Waals surface area contributed by atoms with Crippen LogP contribution in [-0.4, -0.2) is 9.78 Å².